The summed E-state index contributed by atoms with van der Waals surface area (Å²) in [6.07, 6.45) is 10.0. The van der Waals surface area contributed by atoms with Crippen LogP contribution in [0.1, 0.15) is 66.2 Å². The van der Waals surface area contributed by atoms with E-state index >= 15 is 0 Å². The van der Waals surface area contributed by atoms with E-state index in [0.717, 1.165) is 55.3 Å². The molecule has 1 unspecified atom stereocenters. The van der Waals surface area contributed by atoms with E-state index in [0.29, 0.717) is 47.1 Å². The number of fused-ring (bicyclic) bond motifs is 2. The normalized spacial score (nSPS) is 15.6. The van der Waals surface area contributed by atoms with Crippen LogP contribution in [0.2, 0.25) is 0 Å². The second kappa shape index (κ2) is 15.3. The van der Waals surface area contributed by atoms with Crippen molar-refractivity contribution in [3.05, 3.63) is 105 Å². The number of nitrogens with zero attached hydrogens (tertiary/aromatic N) is 7. The van der Waals surface area contributed by atoms with E-state index in [1.807, 2.05) is 24.3 Å². The number of aryl methyl sites for hydroxylation is 2. The molecule has 6 aromatic rings. The van der Waals surface area contributed by atoms with Crippen molar-refractivity contribution in [3.8, 4) is 5.82 Å². The van der Waals surface area contributed by atoms with Gasteiger partial charge >= 0.3 is 5.69 Å². The molecule has 1 atom stereocenters. The average molecular weight is 759 g/mol. The lowest BCUT2D eigenvalue weighted by Gasteiger charge is -2.21. The smallest absolute Gasteiger partial charge is 0.329 e. The molecule has 56 heavy (non-hydrogen) atoms. The quantitative estimate of drug-likeness (QED) is 0.0808. The third-order valence-electron chi connectivity index (χ3n) is 10.2. The number of rotatable bonds is 14. The van der Waals surface area contributed by atoms with Crippen LogP contribution in [0.15, 0.2) is 76.7 Å². The first-order chi connectivity index (χ1) is 27.2. The van der Waals surface area contributed by atoms with Gasteiger partial charge in [-0.05, 0) is 86.5 Å². The molecule has 0 bridgehead atoms. The van der Waals surface area contributed by atoms with Crippen molar-refractivity contribution in [1.29, 1.82) is 0 Å². The molecule has 3 amide bonds. The first-order valence-corrected chi connectivity index (χ1v) is 18.7. The number of nitrogens with one attached hydrogen (secondary N) is 5. The first-order valence-electron chi connectivity index (χ1n) is 18.7. The average Bonchev–Trinajstić information content (AvgIpc) is 3.85. The molecule has 1 aliphatic carbocycles. The second-order valence-corrected chi connectivity index (χ2v) is 14.2. The minimum absolute atomic E-state index is 0.183. The van der Waals surface area contributed by atoms with Crippen molar-refractivity contribution in [2.45, 2.75) is 63.6 Å². The Bertz CT molecular complexity index is 2600. The minimum atomic E-state index is -0.701. The third kappa shape index (κ3) is 7.27. The molecule has 1 aromatic carbocycles. The Morgan fingerprint density at radius 1 is 0.929 bits per heavy atom. The third-order valence-corrected chi connectivity index (χ3v) is 10.2. The maximum absolute atomic E-state index is 13.6. The number of pyridine rings is 2. The Kier molecular flexibility index (Phi) is 9.90. The van der Waals surface area contributed by atoms with Crippen LogP contribution in [0.25, 0.3) is 22.5 Å². The second-order valence-electron chi connectivity index (χ2n) is 14.2. The monoisotopic (exact) mass is 758 g/mol. The van der Waals surface area contributed by atoms with Gasteiger partial charge in [0.1, 0.15) is 17.5 Å². The number of imide groups is 1. The van der Waals surface area contributed by atoms with Crippen molar-refractivity contribution >= 4 is 51.6 Å². The van der Waals surface area contributed by atoms with Crippen LogP contribution in [-0.4, -0.2) is 70.6 Å². The van der Waals surface area contributed by atoms with Crippen LogP contribution in [-0.2, 0) is 29.6 Å². The van der Waals surface area contributed by atoms with Crippen LogP contribution in [0.5, 0.6) is 0 Å². The largest absolute Gasteiger partial charge is 0.385 e. The fourth-order valence-corrected chi connectivity index (χ4v) is 7.03. The molecule has 1 saturated carbocycles. The Hall–Kier alpha value is -6.62. The lowest BCUT2D eigenvalue weighted by molar-refractivity contribution is -0.135. The van der Waals surface area contributed by atoms with Gasteiger partial charge < -0.3 is 21.3 Å². The molecule has 5 aromatic heterocycles. The summed E-state index contributed by atoms with van der Waals surface area (Å²) in [5.41, 5.74) is 4.65. The Labute approximate surface area is 320 Å². The summed E-state index contributed by atoms with van der Waals surface area (Å²) >= 11 is 0. The number of unbranched alkanes of at least 4 members (excludes halogenated alkanes) is 1. The number of hydrogen-bond acceptors (Lipinski definition) is 11. The SMILES string of the molecule is CNc1cc(Nc2cccn(-c3ccc(CNCCCCc4ccc5c(c4)n(C)c(=O)n5C4CCC(=O)NC4=O)cn3)c2=O)nn2c(C(=O)NC3CC3)cnc12. The highest BCUT2D eigenvalue weighted by atomic mass is 16.2. The summed E-state index contributed by atoms with van der Waals surface area (Å²) < 4.78 is 5.99. The van der Waals surface area contributed by atoms with Gasteiger partial charge in [0.25, 0.3) is 11.5 Å². The van der Waals surface area contributed by atoms with Crippen LogP contribution in [0, 0.1) is 0 Å². The summed E-state index contributed by atoms with van der Waals surface area (Å²) in [6, 6.07) is 14.2. The van der Waals surface area contributed by atoms with E-state index in [2.05, 4.69) is 41.7 Å². The van der Waals surface area contributed by atoms with Crippen LogP contribution in [0.4, 0.5) is 17.2 Å². The van der Waals surface area contributed by atoms with E-state index in [9.17, 15) is 24.0 Å². The number of aromatic nitrogens is 7. The summed E-state index contributed by atoms with van der Waals surface area (Å²) in [5.74, 6) is -0.173. The molecular weight excluding hydrogens is 717 g/mol. The molecule has 5 N–H and O–H groups in total. The highest BCUT2D eigenvalue weighted by Gasteiger charge is 2.31. The van der Waals surface area contributed by atoms with Crippen LogP contribution >= 0.6 is 0 Å². The van der Waals surface area contributed by atoms with E-state index in [1.165, 1.54) is 19.8 Å². The molecule has 0 spiro atoms. The molecule has 8 rings (SSSR count). The topological polar surface area (TPSA) is 203 Å². The number of carbonyl (C=O) groups is 3. The highest BCUT2D eigenvalue weighted by Crippen LogP contribution is 2.25. The van der Waals surface area contributed by atoms with Gasteiger partial charge in [-0.3, -0.25) is 38.2 Å². The van der Waals surface area contributed by atoms with Crippen molar-refractivity contribution in [1.82, 2.24) is 49.2 Å². The van der Waals surface area contributed by atoms with Crippen molar-refractivity contribution < 1.29 is 14.4 Å². The summed E-state index contributed by atoms with van der Waals surface area (Å²) in [7, 11) is 3.45. The van der Waals surface area contributed by atoms with E-state index in [-0.39, 0.29) is 41.2 Å². The number of carbonyl (C=O) groups excluding carboxylic acids is 3. The zero-order valence-electron chi connectivity index (χ0n) is 31.0. The number of imidazole rings is 2. The van der Waals surface area contributed by atoms with Gasteiger partial charge in [-0.2, -0.15) is 0 Å². The van der Waals surface area contributed by atoms with Crippen molar-refractivity contribution in [2.75, 3.05) is 24.2 Å². The Morgan fingerprint density at radius 2 is 1.77 bits per heavy atom. The molecule has 17 heteroatoms. The van der Waals surface area contributed by atoms with Gasteiger partial charge in [-0.1, -0.05) is 12.1 Å². The Morgan fingerprint density at radius 3 is 2.54 bits per heavy atom. The fraction of sp³-hybridized carbons (Fsp3) is 0.333. The van der Waals surface area contributed by atoms with Crippen molar-refractivity contribution in [3.63, 3.8) is 0 Å². The van der Waals surface area contributed by atoms with Gasteiger partial charge in [0.15, 0.2) is 17.2 Å². The van der Waals surface area contributed by atoms with Crippen molar-refractivity contribution in [2.24, 2.45) is 7.05 Å². The molecule has 288 valence electrons. The van der Waals surface area contributed by atoms with Gasteiger partial charge in [0, 0.05) is 51.6 Å². The summed E-state index contributed by atoms with van der Waals surface area (Å²) in [6.45, 7) is 1.41. The number of piperidine rings is 1. The Balaban J connectivity index is 0.853. The molecular formula is C39H42N12O5. The standard InChI is InChI=1S/C39H42N12O5/c1-40-27-19-32(47-51-31(22-43-35(27)51)37(54)44-25-10-11-25)45-26-7-5-17-49(38(26)55)33-14-9-24(21-42-33)20-41-16-4-3-6-23-8-12-28-30(18-23)48(2)39(56)50(28)29-13-15-34(52)46-36(29)53/h5,7-9,12,14,17-19,21-22,25,29,40-41H,3-4,6,10-11,13,15-16,20H2,1-2H3,(H,44,54)(H,45,47)(H,46,52,53). The van der Waals surface area contributed by atoms with Gasteiger partial charge in [0.05, 0.1) is 22.9 Å². The minimum Gasteiger partial charge on any atom is -0.385 e. The fourth-order valence-electron chi connectivity index (χ4n) is 7.03. The maximum atomic E-state index is 13.6. The lowest BCUT2D eigenvalue weighted by atomic mass is 10.0. The van der Waals surface area contributed by atoms with E-state index < -0.39 is 11.9 Å². The van der Waals surface area contributed by atoms with E-state index in [1.54, 1.807) is 55.3 Å². The zero-order chi connectivity index (χ0) is 38.9. The zero-order valence-corrected chi connectivity index (χ0v) is 31.0. The molecule has 6 heterocycles. The number of hydrogen-bond donors (Lipinski definition) is 5. The van der Waals surface area contributed by atoms with Crippen LogP contribution in [0.3, 0.4) is 0 Å². The number of amides is 3. The molecule has 2 fully saturated rings. The maximum Gasteiger partial charge on any atom is 0.329 e. The van der Waals surface area contributed by atoms with E-state index in [4.69, 9.17) is 0 Å². The first kappa shape index (κ1) is 36.4. The van der Waals surface area contributed by atoms with Gasteiger partial charge in [-0.15, -0.1) is 5.10 Å². The molecule has 1 saturated heterocycles. The van der Waals surface area contributed by atoms with Crippen LogP contribution < -0.4 is 37.8 Å². The number of anilines is 3. The summed E-state index contributed by atoms with van der Waals surface area (Å²) in [4.78, 5) is 72.5. The molecule has 2 aliphatic rings. The number of benzene rings is 1. The highest BCUT2D eigenvalue weighted by molar-refractivity contribution is 6.00. The van der Waals surface area contributed by atoms with Gasteiger partial charge in [0.2, 0.25) is 11.8 Å². The summed E-state index contributed by atoms with van der Waals surface area (Å²) in [5, 5.41) is 19.6. The molecule has 0 radical (unpaired) electrons. The predicted octanol–water partition coefficient (Wildman–Crippen LogP) is 2.70. The molecule has 1 aliphatic heterocycles. The van der Waals surface area contributed by atoms with Gasteiger partial charge in [-0.25, -0.2) is 19.3 Å². The predicted molar refractivity (Wildman–Crippen MR) is 209 cm³/mol. The lowest BCUT2D eigenvalue weighted by Crippen LogP contribution is -2.44. The molecule has 17 nitrogen and oxygen atoms in total.